The summed E-state index contributed by atoms with van der Waals surface area (Å²) in [6.07, 6.45) is 0. The first-order chi connectivity index (χ1) is 9.19. The van der Waals surface area contributed by atoms with Crippen LogP contribution in [0.1, 0.15) is 44.4 Å². The maximum absolute atomic E-state index is 5.91. The number of para-hydroxylation sites is 1. The molecule has 1 aliphatic rings. The van der Waals surface area contributed by atoms with E-state index in [1.807, 2.05) is 19.9 Å². The second-order valence-electron chi connectivity index (χ2n) is 5.07. The molecule has 1 heteroatoms. The Hall–Kier alpha value is -1.76. The van der Waals surface area contributed by atoms with Crippen molar-refractivity contribution in [1.82, 2.24) is 0 Å². The molecule has 100 valence electrons. The van der Waals surface area contributed by atoms with Crippen LogP contribution in [0.15, 0.2) is 48.5 Å². The molecule has 1 aliphatic heterocycles. The third kappa shape index (κ3) is 2.37. The van der Waals surface area contributed by atoms with Gasteiger partial charge in [-0.05, 0) is 17.2 Å². The summed E-state index contributed by atoms with van der Waals surface area (Å²) in [5, 5.41) is 0. The van der Waals surface area contributed by atoms with Crippen molar-refractivity contribution in [3.8, 4) is 5.75 Å². The molecule has 0 atom stereocenters. The second-order valence-corrected chi connectivity index (χ2v) is 5.07. The molecule has 0 saturated heterocycles. The van der Waals surface area contributed by atoms with E-state index in [1.54, 1.807) is 0 Å². The SMILES string of the molecule is CC.CC1(C)c2ccccc2COc2ccccc21. The van der Waals surface area contributed by atoms with Crippen LogP contribution in [0.5, 0.6) is 5.75 Å². The van der Waals surface area contributed by atoms with Gasteiger partial charge in [0.15, 0.2) is 0 Å². The van der Waals surface area contributed by atoms with Gasteiger partial charge >= 0.3 is 0 Å². The monoisotopic (exact) mass is 254 g/mol. The maximum atomic E-state index is 5.91. The third-order valence-corrected chi connectivity index (χ3v) is 3.63. The van der Waals surface area contributed by atoms with E-state index < -0.39 is 0 Å². The van der Waals surface area contributed by atoms with Gasteiger partial charge in [-0.25, -0.2) is 0 Å². The lowest BCUT2D eigenvalue weighted by Crippen LogP contribution is -2.19. The lowest BCUT2D eigenvalue weighted by molar-refractivity contribution is 0.306. The first-order valence-electron chi connectivity index (χ1n) is 7.00. The minimum absolute atomic E-state index is 0.00366. The zero-order valence-electron chi connectivity index (χ0n) is 12.2. The largest absolute Gasteiger partial charge is 0.489 e. The van der Waals surface area contributed by atoms with Gasteiger partial charge < -0.3 is 4.74 Å². The van der Waals surface area contributed by atoms with E-state index in [1.165, 1.54) is 16.7 Å². The predicted octanol–water partition coefficient (Wildman–Crippen LogP) is 4.93. The van der Waals surface area contributed by atoms with Crippen LogP contribution >= 0.6 is 0 Å². The summed E-state index contributed by atoms with van der Waals surface area (Å²) in [5.74, 6) is 1.01. The van der Waals surface area contributed by atoms with Crippen molar-refractivity contribution in [1.29, 1.82) is 0 Å². The molecular formula is C18H22O. The Morgan fingerprint density at radius 3 is 2.16 bits per heavy atom. The van der Waals surface area contributed by atoms with E-state index in [0.717, 1.165) is 5.75 Å². The molecule has 0 spiro atoms. The van der Waals surface area contributed by atoms with Crippen LogP contribution in [-0.2, 0) is 12.0 Å². The number of fused-ring (bicyclic) bond motifs is 2. The van der Waals surface area contributed by atoms with Gasteiger partial charge in [0.1, 0.15) is 12.4 Å². The summed E-state index contributed by atoms with van der Waals surface area (Å²) in [4.78, 5) is 0. The van der Waals surface area contributed by atoms with Crippen molar-refractivity contribution >= 4 is 0 Å². The lowest BCUT2D eigenvalue weighted by atomic mass is 9.76. The van der Waals surface area contributed by atoms with Crippen molar-refractivity contribution in [3.63, 3.8) is 0 Å². The summed E-state index contributed by atoms with van der Waals surface area (Å²) in [5.41, 5.74) is 3.92. The molecule has 1 heterocycles. The summed E-state index contributed by atoms with van der Waals surface area (Å²) in [7, 11) is 0. The number of ether oxygens (including phenoxy) is 1. The number of benzene rings is 2. The average Bonchev–Trinajstić information content (AvgIpc) is 2.58. The zero-order valence-corrected chi connectivity index (χ0v) is 12.2. The Labute approximate surface area is 116 Å². The van der Waals surface area contributed by atoms with Crippen LogP contribution in [-0.4, -0.2) is 0 Å². The van der Waals surface area contributed by atoms with E-state index in [0.29, 0.717) is 6.61 Å². The Morgan fingerprint density at radius 2 is 1.42 bits per heavy atom. The van der Waals surface area contributed by atoms with Gasteiger partial charge in [-0.3, -0.25) is 0 Å². The van der Waals surface area contributed by atoms with Gasteiger partial charge in [0.2, 0.25) is 0 Å². The first kappa shape index (κ1) is 13.7. The van der Waals surface area contributed by atoms with Gasteiger partial charge in [0, 0.05) is 11.0 Å². The van der Waals surface area contributed by atoms with E-state index in [4.69, 9.17) is 4.74 Å². The molecule has 1 nitrogen and oxygen atoms in total. The minimum atomic E-state index is 0.00366. The van der Waals surface area contributed by atoms with Gasteiger partial charge in [-0.1, -0.05) is 70.2 Å². The Morgan fingerprint density at radius 1 is 0.842 bits per heavy atom. The van der Waals surface area contributed by atoms with Crippen LogP contribution < -0.4 is 4.74 Å². The van der Waals surface area contributed by atoms with Crippen molar-refractivity contribution in [3.05, 3.63) is 65.2 Å². The number of hydrogen-bond donors (Lipinski definition) is 0. The highest BCUT2D eigenvalue weighted by atomic mass is 16.5. The van der Waals surface area contributed by atoms with Crippen molar-refractivity contribution in [2.75, 3.05) is 0 Å². The second kappa shape index (κ2) is 5.48. The van der Waals surface area contributed by atoms with Gasteiger partial charge in [-0.2, -0.15) is 0 Å². The normalized spacial score (nSPS) is 14.9. The molecule has 19 heavy (non-hydrogen) atoms. The molecule has 3 rings (SSSR count). The Kier molecular flexibility index (Phi) is 3.94. The van der Waals surface area contributed by atoms with E-state index in [9.17, 15) is 0 Å². The van der Waals surface area contributed by atoms with Crippen LogP contribution in [0, 0.1) is 0 Å². The zero-order chi connectivity index (χ0) is 13.9. The van der Waals surface area contributed by atoms with Crippen LogP contribution in [0.3, 0.4) is 0 Å². The highest BCUT2D eigenvalue weighted by molar-refractivity contribution is 5.50. The molecule has 0 radical (unpaired) electrons. The van der Waals surface area contributed by atoms with E-state index in [-0.39, 0.29) is 5.41 Å². The summed E-state index contributed by atoms with van der Waals surface area (Å²) >= 11 is 0. The highest BCUT2D eigenvalue weighted by Gasteiger charge is 2.30. The minimum Gasteiger partial charge on any atom is -0.489 e. The van der Waals surface area contributed by atoms with Crippen LogP contribution in [0.25, 0.3) is 0 Å². The summed E-state index contributed by atoms with van der Waals surface area (Å²) in [6.45, 7) is 9.19. The fourth-order valence-electron chi connectivity index (χ4n) is 2.67. The van der Waals surface area contributed by atoms with Crippen molar-refractivity contribution < 1.29 is 4.74 Å². The maximum Gasteiger partial charge on any atom is 0.123 e. The quantitative estimate of drug-likeness (QED) is 0.647. The van der Waals surface area contributed by atoms with Crippen LogP contribution in [0.2, 0.25) is 0 Å². The molecule has 0 aromatic heterocycles. The topological polar surface area (TPSA) is 9.23 Å². The third-order valence-electron chi connectivity index (χ3n) is 3.63. The highest BCUT2D eigenvalue weighted by Crippen LogP contribution is 2.41. The molecular weight excluding hydrogens is 232 g/mol. The Balaban J connectivity index is 0.000000637. The Bertz CT molecular complexity index is 506. The van der Waals surface area contributed by atoms with Gasteiger partial charge in [0.05, 0.1) is 0 Å². The average molecular weight is 254 g/mol. The molecule has 0 unspecified atom stereocenters. The summed E-state index contributed by atoms with van der Waals surface area (Å²) < 4.78 is 5.91. The first-order valence-corrected chi connectivity index (χ1v) is 7.00. The molecule has 0 aliphatic carbocycles. The van der Waals surface area contributed by atoms with Gasteiger partial charge in [0.25, 0.3) is 0 Å². The lowest BCUT2D eigenvalue weighted by Gasteiger charge is -2.26. The molecule has 0 amide bonds. The molecule has 0 saturated carbocycles. The fraction of sp³-hybridized carbons (Fsp3) is 0.333. The fourth-order valence-corrected chi connectivity index (χ4v) is 2.67. The van der Waals surface area contributed by atoms with Crippen LogP contribution in [0.4, 0.5) is 0 Å². The molecule has 0 N–H and O–H groups in total. The number of rotatable bonds is 0. The van der Waals surface area contributed by atoms with Crippen molar-refractivity contribution in [2.24, 2.45) is 0 Å². The van der Waals surface area contributed by atoms with E-state index >= 15 is 0 Å². The molecule has 0 fully saturated rings. The standard InChI is InChI=1S/C16H16O.C2H6/c1-16(2)13-8-4-3-7-12(13)11-17-15-10-6-5-9-14(15)16;1-2/h3-10H,11H2,1-2H3;1-2H3. The molecule has 2 aromatic rings. The molecule has 0 bridgehead atoms. The summed E-state index contributed by atoms with van der Waals surface area (Å²) in [6, 6.07) is 16.9. The van der Waals surface area contributed by atoms with Crippen molar-refractivity contribution in [2.45, 2.75) is 39.7 Å². The number of hydrogen-bond acceptors (Lipinski definition) is 1. The molecule has 2 aromatic carbocycles. The van der Waals surface area contributed by atoms with Gasteiger partial charge in [-0.15, -0.1) is 0 Å². The smallest absolute Gasteiger partial charge is 0.123 e. The van der Waals surface area contributed by atoms with E-state index in [2.05, 4.69) is 56.3 Å². The predicted molar refractivity (Wildman–Crippen MR) is 80.7 cm³/mol.